The molecule has 4 aromatic rings. The zero-order valence-corrected chi connectivity index (χ0v) is 11.6. The summed E-state index contributed by atoms with van der Waals surface area (Å²) in [6, 6.07) is 11.8. The van der Waals surface area contributed by atoms with E-state index in [2.05, 4.69) is 11.1 Å². The van der Waals surface area contributed by atoms with Gasteiger partial charge in [0.15, 0.2) is 11.5 Å². The molecule has 0 unspecified atom stereocenters. The van der Waals surface area contributed by atoms with Crippen LogP contribution in [0.5, 0.6) is 0 Å². The topological polar surface area (TPSA) is 43.9 Å². The standard InChI is InChI=1S/C15H11N3OS/c1-10-6-7-13(19-10)18-14-11(4-2-8-16-14)17-15(18)12-5-3-9-20-12/h2-9H,1H3. The summed E-state index contributed by atoms with van der Waals surface area (Å²) in [4.78, 5) is 10.2. The molecule has 0 atom stereocenters. The van der Waals surface area contributed by atoms with Crippen molar-refractivity contribution in [2.24, 2.45) is 0 Å². The first-order chi connectivity index (χ1) is 9.83. The molecule has 0 N–H and O–H groups in total. The van der Waals surface area contributed by atoms with Gasteiger partial charge in [-0.05, 0) is 36.6 Å². The highest BCUT2D eigenvalue weighted by molar-refractivity contribution is 7.13. The van der Waals surface area contributed by atoms with Crippen LogP contribution < -0.4 is 0 Å². The van der Waals surface area contributed by atoms with Gasteiger partial charge in [0.05, 0.1) is 4.88 Å². The fraction of sp³-hybridized carbons (Fsp3) is 0.0667. The van der Waals surface area contributed by atoms with Crippen molar-refractivity contribution in [2.45, 2.75) is 6.92 Å². The van der Waals surface area contributed by atoms with Gasteiger partial charge >= 0.3 is 0 Å². The maximum Gasteiger partial charge on any atom is 0.207 e. The van der Waals surface area contributed by atoms with E-state index < -0.39 is 0 Å². The molecule has 0 bridgehead atoms. The molecular weight excluding hydrogens is 270 g/mol. The number of hydrogen-bond donors (Lipinski definition) is 0. The highest BCUT2D eigenvalue weighted by atomic mass is 32.1. The Bertz CT molecular complexity index is 874. The number of nitrogens with zero attached hydrogens (tertiary/aromatic N) is 3. The van der Waals surface area contributed by atoms with Crippen molar-refractivity contribution in [1.29, 1.82) is 0 Å². The lowest BCUT2D eigenvalue weighted by atomic mass is 10.4. The number of hydrogen-bond acceptors (Lipinski definition) is 4. The second kappa shape index (κ2) is 4.31. The molecule has 4 rings (SSSR count). The third-order valence-corrected chi connectivity index (χ3v) is 3.97. The fourth-order valence-corrected chi connectivity index (χ4v) is 2.94. The molecule has 0 saturated heterocycles. The van der Waals surface area contributed by atoms with Gasteiger partial charge in [-0.25, -0.2) is 14.5 Å². The highest BCUT2D eigenvalue weighted by Crippen LogP contribution is 2.30. The summed E-state index contributed by atoms with van der Waals surface area (Å²) in [6.07, 6.45) is 1.77. The largest absolute Gasteiger partial charge is 0.445 e. The third kappa shape index (κ3) is 1.67. The molecule has 0 aromatic carbocycles. The van der Waals surface area contributed by atoms with Gasteiger partial charge in [-0.3, -0.25) is 0 Å². The van der Waals surface area contributed by atoms with Gasteiger partial charge in [-0.15, -0.1) is 11.3 Å². The van der Waals surface area contributed by atoms with E-state index in [-0.39, 0.29) is 0 Å². The molecule has 20 heavy (non-hydrogen) atoms. The van der Waals surface area contributed by atoms with Crippen molar-refractivity contribution in [3.05, 3.63) is 53.7 Å². The molecule has 0 aliphatic heterocycles. The molecule has 4 heterocycles. The Morgan fingerprint density at radius 1 is 1.15 bits per heavy atom. The van der Waals surface area contributed by atoms with Gasteiger partial charge in [0, 0.05) is 12.3 Å². The van der Waals surface area contributed by atoms with Gasteiger partial charge in [-0.1, -0.05) is 6.07 Å². The zero-order valence-electron chi connectivity index (χ0n) is 10.8. The summed E-state index contributed by atoms with van der Waals surface area (Å²) in [7, 11) is 0. The van der Waals surface area contributed by atoms with Crippen LogP contribution in [0.25, 0.3) is 27.7 Å². The summed E-state index contributed by atoms with van der Waals surface area (Å²) in [5, 5.41) is 2.04. The Morgan fingerprint density at radius 3 is 2.85 bits per heavy atom. The van der Waals surface area contributed by atoms with Gasteiger partial charge in [-0.2, -0.15) is 0 Å². The first kappa shape index (κ1) is 11.4. The van der Waals surface area contributed by atoms with E-state index >= 15 is 0 Å². The van der Waals surface area contributed by atoms with Crippen molar-refractivity contribution in [3.63, 3.8) is 0 Å². The summed E-state index contributed by atoms with van der Waals surface area (Å²) >= 11 is 1.65. The molecule has 0 amide bonds. The van der Waals surface area contributed by atoms with E-state index in [0.29, 0.717) is 0 Å². The van der Waals surface area contributed by atoms with Crippen LogP contribution >= 0.6 is 11.3 Å². The van der Waals surface area contributed by atoms with Crippen molar-refractivity contribution in [1.82, 2.24) is 14.5 Å². The second-order valence-electron chi connectivity index (χ2n) is 4.48. The predicted octanol–water partition coefficient (Wildman–Crippen LogP) is 4.05. The van der Waals surface area contributed by atoms with Crippen LogP contribution in [-0.2, 0) is 0 Å². The number of aromatic nitrogens is 3. The summed E-state index contributed by atoms with van der Waals surface area (Å²) in [6.45, 7) is 1.93. The average molecular weight is 281 g/mol. The minimum Gasteiger partial charge on any atom is -0.445 e. The van der Waals surface area contributed by atoms with Crippen LogP contribution in [0, 0.1) is 6.92 Å². The summed E-state index contributed by atoms with van der Waals surface area (Å²) in [5.41, 5.74) is 1.68. The number of pyridine rings is 1. The first-order valence-corrected chi connectivity index (χ1v) is 7.15. The van der Waals surface area contributed by atoms with Gasteiger partial charge in [0.2, 0.25) is 5.88 Å². The first-order valence-electron chi connectivity index (χ1n) is 6.27. The molecule has 4 nitrogen and oxygen atoms in total. The summed E-state index contributed by atoms with van der Waals surface area (Å²) < 4.78 is 7.73. The third-order valence-electron chi connectivity index (χ3n) is 3.10. The van der Waals surface area contributed by atoms with E-state index in [1.165, 1.54) is 0 Å². The Hall–Kier alpha value is -2.40. The van der Waals surface area contributed by atoms with Crippen LogP contribution in [0.2, 0.25) is 0 Å². The molecule has 0 spiro atoms. The van der Waals surface area contributed by atoms with E-state index in [9.17, 15) is 0 Å². The van der Waals surface area contributed by atoms with Gasteiger partial charge in [0.1, 0.15) is 11.3 Å². The lowest BCUT2D eigenvalue weighted by Gasteiger charge is -2.03. The molecule has 0 radical (unpaired) electrons. The second-order valence-corrected chi connectivity index (χ2v) is 5.43. The average Bonchev–Trinajstić information content (AvgIpc) is 3.16. The Labute approximate surface area is 119 Å². The fourth-order valence-electron chi connectivity index (χ4n) is 2.23. The van der Waals surface area contributed by atoms with E-state index in [1.807, 2.05) is 47.2 Å². The van der Waals surface area contributed by atoms with E-state index in [4.69, 9.17) is 9.40 Å². The number of imidazole rings is 1. The normalized spacial score (nSPS) is 11.2. The summed E-state index contributed by atoms with van der Waals surface area (Å²) in [5.74, 6) is 2.48. The predicted molar refractivity (Wildman–Crippen MR) is 79.2 cm³/mol. The maximum absolute atomic E-state index is 5.76. The molecule has 98 valence electrons. The Kier molecular flexibility index (Phi) is 2.47. The zero-order chi connectivity index (χ0) is 13.5. The van der Waals surface area contributed by atoms with E-state index in [0.717, 1.165) is 33.5 Å². The van der Waals surface area contributed by atoms with E-state index in [1.54, 1.807) is 17.5 Å². The maximum atomic E-state index is 5.76. The molecular formula is C15H11N3OS. The number of aryl methyl sites for hydroxylation is 1. The van der Waals surface area contributed by atoms with Crippen molar-refractivity contribution < 1.29 is 4.42 Å². The lowest BCUT2D eigenvalue weighted by Crippen LogP contribution is -1.95. The quantitative estimate of drug-likeness (QED) is 0.556. The molecule has 4 aromatic heterocycles. The van der Waals surface area contributed by atoms with Crippen LogP contribution in [0.3, 0.4) is 0 Å². The van der Waals surface area contributed by atoms with Crippen LogP contribution in [0.1, 0.15) is 5.76 Å². The minimum atomic E-state index is 0.743. The highest BCUT2D eigenvalue weighted by Gasteiger charge is 2.17. The van der Waals surface area contributed by atoms with Crippen molar-refractivity contribution in [3.8, 4) is 16.6 Å². The lowest BCUT2D eigenvalue weighted by molar-refractivity contribution is 0.514. The molecule has 0 aliphatic carbocycles. The van der Waals surface area contributed by atoms with Crippen LogP contribution in [0.4, 0.5) is 0 Å². The van der Waals surface area contributed by atoms with Crippen LogP contribution in [-0.4, -0.2) is 14.5 Å². The van der Waals surface area contributed by atoms with Crippen molar-refractivity contribution in [2.75, 3.05) is 0 Å². The Morgan fingerprint density at radius 2 is 2.10 bits per heavy atom. The molecule has 0 saturated carbocycles. The SMILES string of the molecule is Cc1ccc(-n2c(-c3cccs3)nc3cccnc32)o1. The molecule has 0 fully saturated rings. The van der Waals surface area contributed by atoms with Gasteiger partial charge < -0.3 is 4.42 Å². The minimum absolute atomic E-state index is 0.743. The molecule has 0 aliphatic rings. The van der Waals surface area contributed by atoms with Crippen molar-refractivity contribution >= 4 is 22.5 Å². The van der Waals surface area contributed by atoms with Gasteiger partial charge in [0.25, 0.3) is 0 Å². The monoisotopic (exact) mass is 281 g/mol. The number of thiophene rings is 1. The molecule has 5 heteroatoms. The number of fused-ring (bicyclic) bond motifs is 1. The number of furan rings is 1. The number of rotatable bonds is 2. The van der Waals surface area contributed by atoms with Crippen LogP contribution in [0.15, 0.2) is 52.4 Å². The smallest absolute Gasteiger partial charge is 0.207 e. The Balaban J connectivity index is 2.08.